The Morgan fingerprint density at radius 3 is 2.65 bits per heavy atom. The van der Waals surface area contributed by atoms with Gasteiger partial charge in [-0.3, -0.25) is 0 Å². The first-order valence-corrected chi connectivity index (χ1v) is 7.39. The maximum absolute atomic E-state index is 13.9. The zero-order valence-corrected chi connectivity index (χ0v) is 13.0. The average molecular weight is 294 g/mol. The van der Waals surface area contributed by atoms with Crippen LogP contribution < -0.4 is 10.1 Å². The van der Waals surface area contributed by atoms with Crippen molar-refractivity contribution < 1.29 is 9.13 Å². The number of nitrogens with one attached hydrogen (secondary N) is 1. The van der Waals surface area contributed by atoms with Gasteiger partial charge in [0.15, 0.2) is 11.6 Å². The van der Waals surface area contributed by atoms with E-state index in [0.29, 0.717) is 0 Å². The van der Waals surface area contributed by atoms with Crippen molar-refractivity contribution in [2.24, 2.45) is 0 Å². The summed E-state index contributed by atoms with van der Waals surface area (Å²) in [5, 5.41) is 4.33. The van der Waals surface area contributed by atoms with E-state index in [2.05, 4.69) is 10.3 Å². The van der Waals surface area contributed by atoms with Gasteiger partial charge >= 0.3 is 0 Å². The second kappa shape index (κ2) is 6.33. The molecule has 3 nitrogen and oxygen atoms in total. The molecule has 2 aromatic rings. The van der Waals surface area contributed by atoms with Crippen LogP contribution in [0.4, 0.5) is 4.39 Å². The summed E-state index contributed by atoms with van der Waals surface area (Å²) < 4.78 is 18.8. The molecule has 5 heteroatoms. The van der Waals surface area contributed by atoms with Gasteiger partial charge in [-0.2, -0.15) is 0 Å². The Bertz CT molecular complexity index is 578. The summed E-state index contributed by atoms with van der Waals surface area (Å²) in [5.74, 6) is -0.0894. The number of methoxy groups -OCH3 is 1. The number of benzene rings is 1. The molecule has 1 aromatic heterocycles. The van der Waals surface area contributed by atoms with Crippen LogP contribution >= 0.6 is 11.3 Å². The fraction of sp³-hybridized carbons (Fsp3) is 0.400. The summed E-state index contributed by atoms with van der Waals surface area (Å²) in [6.07, 6.45) is 0. The standard InChI is InChI=1S/C15H19FN2OS/c1-5-17-14(15-18-9(2)10(3)20-15)11-6-7-13(19-4)12(16)8-11/h6-8,14,17H,5H2,1-4H3. The Hall–Kier alpha value is -1.46. The Morgan fingerprint density at radius 1 is 1.40 bits per heavy atom. The lowest BCUT2D eigenvalue weighted by atomic mass is 10.1. The SMILES string of the molecule is CCNC(c1ccc(OC)c(F)c1)c1nc(C)c(C)s1. The molecule has 0 aliphatic rings. The van der Waals surface area contributed by atoms with Crippen molar-refractivity contribution in [1.29, 1.82) is 0 Å². The minimum Gasteiger partial charge on any atom is -0.494 e. The highest BCUT2D eigenvalue weighted by molar-refractivity contribution is 7.11. The Kier molecular flexibility index (Phi) is 4.73. The molecular formula is C15H19FN2OS. The number of hydrogen-bond donors (Lipinski definition) is 1. The van der Waals surface area contributed by atoms with E-state index in [4.69, 9.17) is 4.74 Å². The maximum atomic E-state index is 13.9. The van der Waals surface area contributed by atoms with E-state index in [-0.39, 0.29) is 17.6 Å². The topological polar surface area (TPSA) is 34.1 Å². The van der Waals surface area contributed by atoms with E-state index in [1.807, 2.05) is 26.8 Å². The van der Waals surface area contributed by atoms with Crippen LogP contribution in [0, 0.1) is 19.7 Å². The highest BCUT2D eigenvalue weighted by atomic mass is 32.1. The largest absolute Gasteiger partial charge is 0.494 e. The molecule has 1 unspecified atom stereocenters. The molecule has 0 bridgehead atoms. The van der Waals surface area contributed by atoms with Crippen molar-refractivity contribution >= 4 is 11.3 Å². The fourth-order valence-electron chi connectivity index (χ4n) is 2.04. The summed E-state index contributed by atoms with van der Waals surface area (Å²) in [7, 11) is 1.47. The lowest BCUT2D eigenvalue weighted by Gasteiger charge is -2.16. The second-order valence-electron chi connectivity index (χ2n) is 4.58. The van der Waals surface area contributed by atoms with E-state index in [0.717, 1.165) is 22.8 Å². The molecule has 108 valence electrons. The predicted molar refractivity (Wildman–Crippen MR) is 80.1 cm³/mol. The molecule has 20 heavy (non-hydrogen) atoms. The van der Waals surface area contributed by atoms with Crippen LogP contribution in [0.1, 0.15) is 34.1 Å². The van der Waals surface area contributed by atoms with Crippen molar-refractivity contribution in [3.63, 3.8) is 0 Å². The number of hydrogen-bond acceptors (Lipinski definition) is 4. The zero-order chi connectivity index (χ0) is 14.7. The molecule has 0 saturated carbocycles. The molecule has 0 saturated heterocycles. The molecule has 0 spiro atoms. The maximum Gasteiger partial charge on any atom is 0.165 e. The zero-order valence-electron chi connectivity index (χ0n) is 12.2. The number of aromatic nitrogens is 1. The van der Waals surface area contributed by atoms with Crippen molar-refractivity contribution in [1.82, 2.24) is 10.3 Å². The average Bonchev–Trinajstić information content (AvgIpc) is 2.75. The summed E-state index contributed by atoms with van der Waals surface area (Å²) in [5.41, 5.74) is 1.89. The van der Waals surface area contributed by atoms with Gasteiger partial charge in [0.25, 0.3) is 0 Å². The van der Waals surface area contributed by atoms with Gasteiger partial charge in [-0.1, -0.05) is 13.0 Å². The number of aryl methyl sites for hydroxylation is 2. The summed E-state index contributed by atoms with van der Waals surface area (Å²) in [6.45, 7) is 6.86. The predicted octanol–water partition coefficient (Wildman–Crippen LogP) is 3.61. The third-order valence-corrected chi connectivity index (χ3v) is 4.35. The summed E-state index contributed by atoms with van der Waals surface area (Å²) in [4.78, 5) is 5.77. The van der Waals surface area contributed by atoms with Crippen LogP contribution in [0.2, 0.25) is 0 Å². The molecular weight excluding hydrogens is 275 g/mol. The minimum atomic E-state index is -0.349. The molecule has 1 N–H and O–H groups in total. The molecule has 1 atom stereocenters. The molecule has 0 aliphatic carbocycles. The number of thiazole rings is 1. The summed E-state index contributed by atoms with van der Waals surface area (Å²) in [6, 6.07) is 4.96. The van der Waals surface area contributed by atoms with E-state index in [9.17, 15) is 4.39 Å². The van der Waals surface area contributed by atoms with Gasteiger partial charge in [0.2, 0.25) is 0 Å². The van der Waals surface area contributed by atoms with Crippen LogP contribution in [0.25, 0.3) is 0 Å². The monoisotopic (exact) mass is 294 g/mol. The number of halogens is 1. The third kappa shape index (κ3) is 2.99. The Morgan fingerprint density at radius 2 is 2.15 bits per heavy atom. The number of ether oxygens (including phenoxy) is 1. The van der Waals surface area contributed by atoms with Gasteiger partial charge < -0.3 is 10.1 Å². The first kappa shape index (κ1) is 14.9. The van der Waals surface area contributed by atoms with Crippen LogP contribution in [0.5, 0.6) is 5.75 Å². The highest BCUT2D eigenvalue weighted by Gasteiger charge is 2.19. The molecule has 0 amide bonds. The van der Waals surface area contributed by atoms with E-state index in [1.54, 1.807) is 17.4 Å². The molecule has 0 fully saturated rings. The molecule has 2 rings (SSSR count). The van der Waals surface area contributed by atoms with Crippen molar-refractivity contribution in [2.75, 3.05) is 13.7 Å². The van der Waals surface area contributed by atoms with Gasteiger partial charge in [-0.05, 0) is 38.1 Å². The Balaban J connectivity index is 2.40. The normalized spacial score (nSPS) is 12.4. The first-order valence-electron chi connectivity index (χ1n) is 6.57. The smallest absolute Gasteiger partial charge is 0.165 e. The fourth-order valence-corrected chi connectivity index (χ4v) is 3.06. The summed E-state index contributed by atoms with van der Waals surface area (Å²) >= 11 is 1.65. The lowest BCUT2D eigenvalue weighted by Crippen LogP contribution is -2.22. The van der Waals surface area contributed by atoms with Gasteiger partial charge in [0.05, 0.1) is 18.8 Å². The van der Waals surface area contributed by atoms with E-state index in [1.165, 1.54) is 18.1 Å². The van der Waals surface area contributed by atoms with Crippen LogP contribution in [0.15, 0.2) is 18.2 Å². The molecule has 1 heterocycles. The van der Waals surface area contributed by atoms with E-state index < -0.39 is 0 Å². The minimum absolute atomic E-state index is 0.0854. The van der Waals surface area contributed by atoms with Gasteiger partial charge in [0.1, 0.15) is 5.01 Å². The lowest BCUT2D eigenvalue weighted by molar-refractivity contribution is 0.385. The van der Waals surface area contributed by atoms with Gasteiger partial charge in [-0.15, -0.1) is 11.3 Å². The quantitative estimate of drug-likeness (QED) is 0.915. The molecule has 0 aliphatic heterocycles. The highest BCUT2D eigenvalue weighted by Crippen LogP contribution is 2.30. The first-order chi connectivity index (χ1) is 9.56. The molecule has 1 aromatic carbocycles. The van der Waals surface area contributed by atoms with Crippen LogP contribution in [0.3, 0.4) is 0 Å². The van der Waals surface area contributed by atoms with Gasteiger partial charge in [0, 0.05) is 4.88 Å². The number of rotatable bonds is 5. The molecule has 0 radical (unpaired) electrons. The third-order valence-electron chi connectivity index (χ3n) is 3.21. The Labute approximate surface area is 122 Å². The van der Waals surface area contributed by atoms with Crippen molar-refractivity contribution in [2.45, 2.75) is 26.8 Å². The van der Waals surface area contributed by atoms with Crippen molar-refractivity contribution in [3.8, 4) is 5.75 Å². The van der Waals surface area contributed by atoms with Crippen LogP contribution in [-0.4, -0.2) is 18.6 Å². The van der Waals surface area contributed by atoms with Crippen LogP contribution in [-0.2, 0) is 0 Å². The van der Waals surface area contributed by atoms with E-state index >= 15 is 0 Å². The van der Waals surface area contributed by atoms with Crippen molar-refractivity contribution in [3.05, 3.63) is 45.2 Å². The van der Waals surface area contributed by atoms with Gasteiger partial charge in [-0.25, -0.2) is 9.37 Å². The number of nitrogens with zero attached hydrogens (tertiary/aromatic N) is 1. The second-order valence-corrected chi connectivity index (χ2v) is 5.81.